The fourth-order valence-electron chi connectivity index (χ4n) is 2.67. The molecule has 0 aromatic carbocycles. The summed E-state index contributed by atoms with van der Waals surface area (Å²) in [4.78, 5) is 15.1. The first-order valence-corrected chi connectivity index (χ1v) is 7.39. The fourth-order valence-corrected chi connectivity index (χ4v) is 2.67. The Labute approximate surface area is 121 Å². The van der Waals surface area contributed by atoms with Crippen LogP contribution < -0.4 is 0 Å². The van der Waals surface area contributed by atoms with E-state index in [0.29, 0.717) is 13.1 Å². The molecule has 0 atom stereocenters. The number of likely N-dealkylation sites (tertiary alicyclic amines) is 2. The van der Waals surface area contributed by atoms with Crippen molar-refractivity contribution in [2.45, 2.75) is 40.5 Å². The van der Waals surface area contributed by atoms with Gasteiger partial charge < -0.3 is 14.5 Å². The molecule has 2 saturated heterocycles. The van der Waals surface area contributed by atoms with Gasteiger partial charge in [-0.05, 0) is 13.5 Å². The van der Waals surface area contributed by atoms with Crippen LogP contribution in [0.5, 0.6) is 0 Å². The van der Waals surface area contributed by atoms with Gasteiger partial charge in [0.1, 0.15) is 0 Å². The van der Waals surface area contributed by atoms with Crippen molar-refractivity contribution in [2.75, 3.05) is 39.8 Å². The Morgan fingerprint density at radius 1 is 1.20 bits per heavy atom. The van der Waals surface area contributed by atoms with Gasteiger partial charge >= 0.3 is 6.09 Å². The molecule has 0 aromatic rings. The molecule has 2 aliphatic heterocycles. The summed E-state index contributed by atoms with van der Waals surface area (Å²) in [5.41, 5.74) is 0.193. The van der Waals surface area contributed by atoms with Crippen molar-refractivity contribution in [3.05, 3.63) is 0 Å². The highest BCUT2D eigenvalue weighted by molar-refractivity contribution is 5.68. The molecule has 1 amide bonds. The largest absolute Gasteiger partial charge is 0.443 e. The van der Waals surface area contributed by atoms with Crippen LogP contribution in [0.15, 0.2) is 0 Å². The van der Waals surface area contributed by atoms with Gasteiger partial charge in [-0.1, -0.05) is 27.7 Å². The molecule has 0 unspecified atom stereocenters. The zero-order chi connectivity index (χ0) is 15.8. The van der Waals surface area contributed by atoms with Crippen LogP contribution in [0.2, 0.25) is 0 Å². The number of halogens is 2. The Balaban J connectivity index is 0.000000829. The Morgan fingerprint density at radius 2 is 1.75 bits per heavy atom. The monoisotopic (exact) mass is 294 g/mol. The molecular formula is C14H28F2N2O2. The number of rotatable bonds is 2. The lowest BCUT2D eigenvalue weighted by molar-refractivity contribution is 0.0168. The van der Waals surface area contributed by atoms with Crippen molar-refractivity contribution >= 4 is 6.09 Å². The molecule has 20 heavy (non-hydrogen) atoms. The normalized spacial score (nSPS) is 19.7. The van der Waals surface area contributed by atoms with Gasteiger partial charge in [-0.3, -0.25) is 0 Å². The van der Waals surface area contributed by atoms with E-state index in [1.165, 1.54) is 4.90 Å². The van der Waals surface area contributed by atoms with E-state index in [9.17, 15) is 13.6 Å². The number of alkyl halides is 2. The average Bonchev–Trinajstić information content (AvgIpc) is 2.85. The van der Waals surface area contributed by atoms with E-state index in [1.54, 1.807) is 0 Å². The van der Waals surface area contributed by atoms with Crippen molar-refractivity contribution in [2.24, 2.45) is 5.41 Å². The molecule has 6 heteroatoms. The SMILES string of the molecule is CC.CC.CN1CC2(CCN(C(=O)OCC(F)F)C2)C1. The van der Waals surface area contributed by atoms with Crippen molar-refractivity contribution in [3.8, 4) is 0 Å². The molecule has 2 fully saturated rings. The van der Waals surface area contributed by atoms with Gasteiger partial charge in [0.2, 0.25) is 0 Å². The zero-order valence-corrected chi connectivity index (χ0v) is 13.3. The smallest absolute Gasteiger partial charge is 0.409 e. The van der Waals surface area contributed by atoms with E-state index in [2.05, 4.69) is 9.64 Å². The number of nitrogens with zero attached hydrogens (tertiary/aromatic N) is 2. The topological polar surface area (TPSA) is 32.8 Å². The fraction of sp³-hybridized carbons (Fsp3) is 0.929. The van der Waals surface area contributed by atoms with E-state index in [1.807, 2.05) is 34.7 Å². The molecule has 0 aliphatic carbocycles. The third-order valence-electron chi connectivity index (χ3n) is 3.24. The highest BCUT2D eigenvalue weighted by Crippen LogP contribution is 2.38. The van der Waals surface area contributed by atoms with E-state index in [-0.39, 0.29) is 5.41 Å². The van der Waals surface area contributed by atoms with Gasteiger partial charge in [-0.25, -0.2) is 13.6 Å². The molecule has 120 valence electrons. The first-order chi connectivity index (χ1) is 9.51. The number of carbonyl (C=O) groups excluding carboxylic acids is 1. The number of hydrogen-bond donors (Lipinski definition) is 0. The summed E-state index contributed by atoms with van der Waals surface area (Å²) >= 11 is 0. The molecule has 0 bridgehead atoms. The van der Waals surface area contributed by atoms with Crippen LogP contribution in [0.4, 0.5) is 13.6 Å². The summed E-state index contributed by atoms with van der Waals surface area (Å²) in [5.74, 6) is 0. The van der Waals surface area contributed by atoms with Crippen LogP contribution in [-0.4, -0.2) is 62.2 Å². The Bertz CT molecular complexity index is 282. The van der Waals surface area contributed by atoms with Crippen LogP contribution in [0.3, 0.4) is 0 Å². The van der Waals surface area contributed by atoms with E-state index >= 15 is 0 Å². The molecular weight excluding hydrogens is 266 g/mol. The number of hydrogen-bond acceptors (Lipinski definition) is 3. The lowest BCUT2D eigenvalue weighted by atomic mass is 9.80. The van der Waals surface area contributed by atoms with Gasteiger partial charge in [-0.15, -0.1) is 0 Å². The van der Waals surface area contributed by atoms with Gasteiger partial charge in [0.15, 0.2) is 6.61 Å². The first-order valence-electron chi connectivity index (χ1n) is 7.39. The third-order valence-corrected chi connectivity index (χ3v) is 3.24. The maximum absolute atomic E-state index is 11.9. The van der Waals surface area contributed by atoms with Crippen molar-refractivity contribution in [1.29, 1.82) is 0 Å². The molecule has 0 aromatic heterocycles. The Hall–Kier alpha value is -0.910. The minimum absolute atomic E-state index is 0.193. The number of amides is 1. The second-order valence-electron chi connectivity index (χ2n) is 4.81. The Kier molecular flexibility index (Phi) is 8.69. The van der Waals surface area contributed by atoms with Crippen LogP contribution in [0.1, 0.15) is 34.1 Å². The zero-order valence-electron chi connectivity index (χ0n) is 13.3. The molecule has 0 saturated carbocycles. The van der Waals surface area contributed by atoms with Gasteiger partial charge in [0.05, 0.1) is 0 Å². The summed E-state index contributed by atoms with van der Waals surface area (Å²) in [6, 6.07) is 0. The van der Waals surface area contributed by atoms with Gasteiger partial charge in [0, 0.05) is 31.6 Å². The standard InChI is InChI=1S/C10H16F2N2O2.2C2H6/c1-13-5-10(6-13)2-3-14(7-10)9(15)16-4-8(11)12;2*1-2/h8H,2-7H2,1H3;2*1-2H3. The van der Waals surface area contributed by atoms with Crippen LogP contribution in [-0.2, 0) is 4.74 Å². The van der Waals surface area contributed by atoms with Gasteiger partial charge in [0.25, 0.3) is 6.43 Å². The lowest BCUT2D eigenvalue weighted by Gasteiger charge is -2.45. The Morgan fingerprint density at radius 3 is 2.20 bits per heavy atom. The summed E-state index contributed by atoms with van der Waals surface area (Å²) in [6.45, 7) is 10.4. The lowest BCUT2D eigenvalue weighted by Crippen LogP contribution is -2.55. The maximum Gasteiger partial charge on any atom is 0.409 e. The predicted octanol–water partition coefficient (Wildman–Crippen LogP) is 3.08. The molecule has 0 N–H and O–H groups in total. The molecule has 0 radical (unpaired) electrons. The number of ether oxygens (including phenoxy) is 1. The first kappa shape index (κ1) is 19.1. The predicted molar refractivity (Wildman–Crippen MR) is 76.2 cm³/mol. The van der Waals surface area contributed by atoms with Crippen molar-refractivity contribution < 1.29 is 18.3 Å². The summed E-state index contributed by atoms with van der Waals surface area (Å²) < 4.78 is 28.2. The maximum atomic E-state index is 11.9. The quantitative estimate of drug-likeness (QED) is 0.784. The van der Waals surface area contributed by atoms with E-state index in [0.717, 1.165) is 19.5 Å². The third kappa shape index (κ3) is 5.23. The molecule has 4 nitrogen and oxygen atoms in total. The molecule has 2 aliphatic rings. The second-order valence-corrected chi connectivity index (χ2v) is 4.81. The summed E-state index contributed by atoms with van der Waals surface area (Å²) in [5, 5.41) is 0. The average molecular weight is 294 g/mol. The van der Waals surface area contributed by atoms with Crippen LogP contribution in [0.25, 0.3) is 0 Å². The van der Waals surface area contributed by atoms with Crippen molar-refractivity contribution in [3.63, 3.8) is 0 Å². The second kappa shape index (κ2) is 9.10. The highest BCUT2D eigenvalue weighted by Gasteiger charge is 2.47. The number of carbonyl (C=O) groups is 1. The van der Waals surface area contributed by atoms with Crippen molar-refractivity contribution in [1.82, 2.24) is 9.80 Å². The highest BCUT2D eigenvalue weighted by atomic mass is 19.3. The minimum atomic E-state index is -2.59. The molecule has 1 spiro atoms. The van der Waals surface area contributed by atoms with Crippen LogP contribution >= 0.6 is 0 Å². The molecule has 2 rings (SSSR count). The minimum Gasteiger partial charge on any atom is -0.443 e. The van der Waals surface area contributed by atoms with E-state index in [4.69, 9.17) is 0 Å². The summed E-state index contributed by atoms with van der Waals surface area (Å²) in [6.07, 6.45) is -2.25. The summed E-state index contributed by atoms with van der Waals surface area (Å²) in [7, 11) is 2.03. The van der Waals surface area contributed by atoms with E-state index < -0.39 is 19.1 Å². The van der Waals surface area contributed by atoms with Crippen LogP contribution in [0, 0.1) is 5.41 Å². The molecule has 2 heterocycles. The van der Waals surface area contributed by atoms with Gasteiger partial charge in [-0.2, -0.15) is 0 Å².